The maximum atomic E-state index is 15.4. The summed E-state index contributed by atoms with van der Waals surface area (Å²) in [6.45, 7) is 5.64. The van der Waals surface area contributed by atoms with Crippen LogP contribution in [0.5, 0.6) is 0 Å². The van der Waals surface area contributed by atoms with Gasteiger partial charge in [0.25, 0.3) is 0 Å². The first-order valence-corrected chi connectivity index (χ1v) is 9.26. The molecule has 1 aromatic rings. The summed E-state index contributed by atoms with van der Waals surface area (Å²) < 4.78 is 32.6. The summed E-state index contributed by atoms with van der Waals surface area (Å²) in [6.07, 6.45) is -3.75. The zero-order chi connectivity index (χ0) is 21.9. The smallest absolute Gasteiger partial charge is 0.351 e. The fourth-order valence-electron chi connectivity index (χ4n) is 2.77. The van der Waals surface area contributed by atoms with Crippen LogP contribution in [0, 0.1) is 11.8 Å². The van der Waals surface area contributed by atoms with Gasteiger partial charge in [0, 0.05) is 12.7 Å². The van der Waals surface area contributed by atoms with E-state index in [2.05, 4.69) is 4.98 Å². The molecular formula is C18H27FN4O6. The third-order valence-electron chi connectivity index (χ3n) is 4.55. The molecule has 0 aromatic carbocycles. The molecule has 0 amide bonds. The number of hydrogen-bond acceptors (Lipinski definition) is 9. The third kappa shape index (κ3) is 4.73. The van der Waals surface area contributed by atoms with E-state index in [1.54, 1.807) is 27.7 Å². The molecule has 2 rings (SSSR count). The van der Waals surface area contributed by atoms with Crippen LogP contribution in [-0.4, -0.2) is 52.5 Å². The standard InChI is InChI=1S/C18H27FN4O6/c1-9(2)15(24)27-8-18(7-20)13(28-16(25)10(3)4)12(19)14(29-18)23-6-5-11(21)22-17(23)26/h5-6,9-10,12-14H,7-8,20H2,1-4H3,(H2,21,22,26)/t12-,13+,14-,18-/m1/s1. The van der Waals surface area contributed by atoms with Crippen molar-refractivity contribution in [2.24, 2.45) is 17.6 Å². The van der Waals surface area contributed by atoms with Crippen molar-refractivity contribution in [1.82, 2.24) is 9.55 Å². The Balaban J connectivity index is 2.42. The summed E-state index contributed by atoms with van der Waals surface area (Å²) in [5.74, 6) is -2.27. The lowest BCUT2D eigenvalue weighted by atomic mass is 9.96. The van der Waals surface area contributed by atoms with E-state index in [0.29, 0.717) is 0 Å². The summed E-state index contributed by atoms with van der Waals surface area (Å²) in [6, 6.07) is 1.30. The Bertz CT molecular complexity index is 814. The molecule has 0 saturated carbocycles. The molecule has 0 bridgehead atoms. The van der Waals surface area contributed by atoms with E-state index >= 15 is 4.39 Å². The van der Waals surface area contributed by atoms with Crippen LogP contribution in [0.4, 0.5) is 10.2 Å². The molecule has 1 aliphatic heterocycles. The Kier molecular flexibility index (Phi) is 6.96. The van der Waals surface area contributed by atoms with Crippen molar-refractivity contribution in [3.05, 3.63) is 22.7 Å². The number of nitrogens with two attached hydrogens (primary N) is 2. The number of carbonyl (C=O) groups is 2. The zero-order valence-electron chi connectivity index (χ0n) is 16.8. The van der Waals surface area contributed by atoms with Gasteiger partial charge in [-0.1, -0.05) is 27.7 Å². The van der Waals surface area contributed by atoms with Gasteiger partial charge in [-0.25, -0.2) is 9.18 Å². The molecule has 4 N–H and O–H groups in total. The van der Waals surface area contributed by atoms with Gasteiger partial charge in [-0.3, -0.25) is 14.2 Å². The molecule has 0 aliphatic carbocycles. The monoisotopic (exact) mass is 414 g/mol. The van der Waals surface area contributed by atoms with E-state index in [-0.39, 0.29) is 12.4 Å². The quantitative estimate of drug-likeness (QED) is 0.595. The number of halogens is 1. The summed E-state index contributed by atoms with van der Waals surface area (Å²) in [5.41, 5.74) is 8.78. The molecule has 2 heterocycles. The minimum Gasteiger partial charge on any atom is -0.462 e. The highest BCUT2D eigenvalue weighted by molar-refractivity contribution is 5.72. The van der Waals surface area contributed by atoms with Crippen molar-refractivity contribution < 1.29 is 28.2 Å². The third-order valence-corrected chi connectivity index (χ3v) is 4.55. The number of hydrogen-bond donors (Lipinski definition) is 2. The van der Waals surface area contributed by atoms with Gasteiger partial charge in [0.05, 0.1) is 11.8 Å². The molecule has 162 valence electrons. The average Bonchev–Trinajstić information content (AvgIpc) is 2.92. The van der Waals surface area contributed by atoms with Gasteiger partial charge in [-0.15, -0.1) is 0 Å². The van der Waals surface area contributed by atoms with Crippen LogP contribution in [-0.2, 0) is 23.8 Å². The first-order chi connectivity index (χ1) is 13.5. The fourth-order valence-corrected chi connectivity index (χ4v) is 2.77. The van der Waals surface area contributed by atoms with Crippen LogP contribution >= 0.6 is 0 Å². The number of esters is 2. The van der Waals surface area contributed by atoms with E-state index < -0.39 is 60.2 Å². The second-order valence-corrected chi connectivity index (χ2v) is 7.54. The molecule has 10 nitrogen and oxygen atoms in total. The van der Waals surface area contributed by atoms with Gasteiger partial charge in [0.1, 0.15) is 12.4 Å². The van der Waals surface area contributed by atoms with Gasteiger partial charge in [-0.2, -0.15) is 4.98 Å². The van der Waals surface area contributed by atoms with E-state index in [1.165, 1.54) is 12.3 Å². The van der Waals surface area contributed by atoms with E-state index in [4.69, 9.17) is 25.7 Å². The molecule has 11 heteroatoms. The van der Waals surface area contributed by atoms with Crippen molar-refractivity contribution in [2.75, 3.05) is 18.9 Å². The maximum absolute atomic E-state index is 15.4. The van der Waals surface area contributed by atoms with E-state index in [1.807, 2.05) is 0 Å². The molecule has 4 atom stereocenters. The van der Waals surface area contributed by atoms with Crippen molar-refractivity contribution in [1.29, 1.82) is 0 Å². The summed E-state index contributed by atoms with van der Waals surface area (Å²) in [7, 11) is 0. The van der Waals surface area contributed by atoms with E-state index in [0.717, 1.165) is 4.57 Å². The average molecular weight is 414 g/mol. The molecule has 0 unspecified atom stereocenters. The Morgan fingerprint density at radius 1 is 1.31 bits per heavy atom. The highest BCUT2D eigenvalue weighted by Crippen LogP contribution is 2.40. The Labute approximate surface area is 167 Å². The minimum atomic E-state index is -1.97. The number of rotatable bonds is 7. The molecule has 29 heavy (non-hydrogen) atoms. The van der Waals surface area contributed by atoms with Crippen LogP contribution < -0.4 is 17.2 Å². The number of ether oxygens (including phenoxy) is 3. The molecule has 1 fully saturated rings. The Hall–Kier alpha value is -2.53. The van der Waals surface area contributed by atoms with Crippen LogP contribution in [0.3, 0.4) is 0 Å². The van der Waals surface area contributed by atoms with Gasteiger partial charge >= 0.3 is 17.6 Å². The second-order valence-electron chi connectivity index (χ2n) is 7.54. The highest BCUT2D eigenvalue weighted by atomic mass is 19.1. The minimum absolute atomic E-state index is 0.0432. The molecule has 0 spiro atoms. The van der Waals surface area contributed by atoms with Gasteiger partial charge in [-0.05, 0) is 6.07 Å². The van der Waals surface area contributed by atoms with Gasteiger partial charge < -0.3 is 25.7 Å². The summed E-state index contributed by atoms with van der Waals surface area (Å²) in [5, 5.41) is 0. The number of alkyl halides is 1. The largest absolute Gasteiger partial charge is 0.462 e. The van der Waals surface area contributed by atoms with Gasteiger partial charge in [0.15, 0.2) is 24.1 Å². The number of nitrogens with zero attached hydrogens (tertiary/aromatic N) is 2. The highest BCUT2D eigenvalue weighted by Gasteiger charge is 2.59. The van der Waals surface area contributed by atoms with Crippen molar-refractivity contribution in [2.45, 2.75) is 51.8 Å². The predicted molar refractivity (Wildman–Crippen MR) is 100 cm³/mol. The van der Waals surface area contributed by atoms with Crippen LogP contribution in [0.1, 0.15) is 33.9 Å². The maximum Gasteiger partial charge on any atom is 0.351 e. The first-order valence-electron chi connectivity index (χ1n) is 9.26. The van der Waals surface area contributed by atoms with Crippen LogP contribution in [0.2, 0.25) is 0 Å². The lowest BCUT2D eigenvalue weighted by Gasteiger charge is -2.32. The number of aromatic nitrogens is 2. The lowest BCUT2D eigenvalue weighted by molar-refractivity contribution is -0.179. The van der Waals surface area contributed by atoms with Crippen molar-refractivity contribution in [3.8, 4) is 0 Å². The summed E-state index contributed by atoms with van der Waals surface area (Å²) in [4.78, 5) is 39.8. The molecule has 0 radical (unpaired) electrons. The summed E-state index contributed by atoms with van der Waals surface area (Å²) >= 11 is 0. The number of nitrogen functional groups attached to an aromatic ring is 1. The number of carbonyl (C=O) groups excluding carboxylic acids is 2. The first kappa shape index (κ1) is 22.8. The Morgan fingerprint density at radius 3 is 2.45 bits per heavy atom. The van der Waals surface area contributed by atoms with Crippen LogP contribution in [0.15, 0.2) is 17.1 Å². The molecule has 1 saturated heterocycles. The number of anilines is 1. The molecule has 1 aliphatic rings. The fraction of sp³-hybridized carbons (Fsp3) is 0.667. The normalized spacial score (nSPS) is 26.7. The van der Waals surface area contributed by atoms with E-state index in [9.17, 15) is 14.4 Å². The topological polar surface area (TPSA) is 149 Å². The molecule has 1 aromatic heterocycles. The molecular weight excluding hydrogens is 387 g/mol. The van der Waals surface area contributed by atoms with Crippen molar-refractivity contribution in [3.63, 3.8) is 0 Å². The predicted octanol–water partition coefficient (Wildman–Crippen LogP) is 0.157. The van der Waals surface area contributed by atoms with Crippen LogP contribution in [0.25, 0.3) is 0 Å². The second kappa shape index (κ2) is 8.87. The van der Waals surface area contributed by atoms with Crippen molar-refractivity contribution >= 4 is 17.8 Å². The lowest BCUT2D eigenvalue weighted by Crippen LogP contribution is -2.54. The van der Waals surface area contributed by atoms with Gasteiger partial charge in [0.2, 0.25) is 0 Å². The zero-order valence-corrected chi connectivity index (χ0v) is 16.8. The SMILES string of the molecule is CC(C)C(=O)OC[C@@]1(CN)O[C@@H](n2ccc(N)nc2=O)[C@H](F)[C@@H]1OC(=O)C(C)C. The Morgan fingerprint density at radius 2 is 1.93 bits per heavy atom.